The molecule has 2 heterocycles. The maximum atomic E-state index is 13.3. The number of hydrogen-bond acceptors (Lipinski definition) is 5. The molecule has 3 atom stereocenters. The summed E-state index contributed by atoms with van der Waals surface area (Å²) in [5.41, 5.74) is 1.06. The molecule has 0 unspecified atom stereocenters. The van der Waals surface area contributed by atoms with Crippen LogP contribution in [0.1, 0.15) is 61.7 Å². The van der Waals surface area contributed by atoms with Gasteiger partial charge in [0.2, 0.25) is 11.8 Å². The second-order valence-electron chi connectivity index (χ2n) is 9.54. The number of carbonyl (C=O) groups is 3. The summed E-state index contributed by atoms with van der Waals surface area (Å²) >= 11 is 0. The maximum absolute atomic E-state index is 13.3. The average molecular weight is 442 g/mol. The Balaban J connectivity index is 1.25. The van der Waals surface area contributed by atoms with Crippen LogP contribution < -0.4 is 15.4 Å². The van der Waals surface area contributed by atoms with Crippen LogP contribution in [0.2, 0.25) is 0 Å². The number of anilines is 1. The zero-order valence-electron chi connectivity index (χ0n) is 18.5. The van der Waals surface area contributed by atoms with Gasteiger partial charge in [0.1, 0.15) is 18.5 Å². The van der Waals surface area contributed by atoms with Gasteiger partial charge in [-0.25, -0.2) is 0 Å². The quantitative estimate of drug-likeness (QED) is 0.732. The van der Waals surface area contributed by atoms with Crippen molar-refractivity contribution in [2.75, 3.05) is 19.0 Å². The van der Waals surface area contributed by atoms with Crippen molar-refractivity contribution in [2.24, 2.45) is 5.92 Å². The Morgan fingerprint density at radius 2 is 1.94 bits per heavy atom. The van der Waals surface area contributed by atoms with Gasteiger partial charge in [0.15, 0.2) is 0 Å². The van der Waals surface area contributed by atoms with Crippen LogP contribution in [-0.4, -0.2) is 60.6 Å². The smallest absolute Gasteiger partial charge is 0.257 e. The zero-order chi connectivity index (χ0) is 22.2. The highest BCUT2D eigenvalue weighted by molar-refractivity contribution is 6.00. The summed E-state index contributed by atoms with van der Waals surface area (Å²) in [7, 11) is 1.79. The molecule has 8 nitrogen and oxygen atoms in total. The van der Waals surface area contributed by atoms with E-state index in [2.05, 4.69) is 10.6 Å². The van der Waals surface area contributed by atoms with E-state index in [1.165, 1.54) is 6.42 Å². The molecule has 32 heavy (non-hydrogen) atoms. The lowest BCUT2D eigenvalue weighted by molar-refractivity contribution is -0.135. The first kappa shape index (κ1) is 21.2. The van der Waals surface area contributed by atoms with E-state index >= 15 is 0 Å². The van der Waals surface area contributed by atoms with Gasteiger partial charge in [-0.05, 0) is 63.1 Å². The van der Waals surface area contributed by atoms with E-state index in [0.29, 0.717) is 36.1 Å². The number of benzene rings is 1. The van der Waals surface area contributed by atoms with E-state index < -0.39 is 0 Å². The SMILES string of the molecule is CN1C(=O)c2cc(NC(=O)C3CC3)ccc2OC[C@@H]2O[C@H](CC(=O)NC3CCC3)CC[C@@H]21. The van der Waals surface area contributed by atoms with Crippen molar-refractivity contribution in [1.29, 1.82) is 0 Å². The Morgan fingerprint density at radius 1 is 1.12 bits per heavy atom. The fraction of sp³-hybridized carbons (Fsp3) is 0.625. The molecule has 3 fully saturated rings. The molecule has 1 aromatic rings. The summed E-state index contributed by atoms with van der Waals surface area (Å²) < 4.78 is 12.2. The number of rotatable bonds is 5. The highest BCUT2D eigenvalue weighted by Gasteiger charge is 2.39. The molecular formula is C24H31N3O5. The number of nitrogens with zero attached hydrogens (tertiary/aromatic N) is 1. The minimum Gasteiger partial charge on any atom is -0.490 e. The van der Waals surface area contributed by atoms with Gasteiger partial charge in [-0.1, -0.05) is 0 Å². The third kappa shape index (κ3) is 4.46. The van der Waals surface area contributed by atoms with Crippen LogP contribution in [0, 0.1) is 5.92 Å². The van der Waals surface area contributed by atoms with Crippen molar-refractivity contribution in [3.8, 4) is 5.75 Å². The van der Waals surface area contributed by atoms with Gasteiger partial charge in [0, 0.05) is 24.7 Å². The molecule has 5 rings (SSSR count). The minimum absolute atomic E-state index is 0.00523. The molecule has 8 heteroatoms. The average Bonchev–Trinajstić information content (AvgIpc) is 3.59. The summed E-state index contributed by atoms with van der Waals surface area (Å²) in [6.07, 6.45) is 6.53. The number of nitrogens with one attached hydrogen (secondary N) is 2. The van der Waals surface area contributed by atoms with Crippen molar-refractivity contribution in [1.82, 2.24) is 10.2 Å². The van der Waals surface area contributed by atoms with E-state index in [4.69, 9.17) is 9.47 Å². The van der Waals surface area contributed by atoms with E-state index in [1.54, 1.807) is 30.1 Å². The van der Waals surface area contributed by atoms with Crippen molar-refractivity contribution >= 4 is 23.4 Å². The molecule has 2 aliphatic heterocycles. The fourth-order valence-electron chi connectivity index (χ4n) is 4.74. The molecule has 2 N–H and O–H groups in total. The van der Waals surface area contributed by atoms with Crippen molar-refractivity contribution in [3.05, 3.63) is 23.8 Å². The topological polar surface area (TPSA) is 97.0 Å². The molecule has 0 bridgehead atoms. The molecule has 3 amide bonds. The van der Waals surface area contributed by atoms with Crippen LogP contribution in [0.15, 0.2) is 18.2 Å². The van der Waals surface area contributed by atoms with Crippen LogP contribution >= 0.6 is 0 Å². The predicted molar refractivity (Wildman–Crippen MR) is 117 cm³/mol. The standard InChI is InChI=1S/C24H31N3O5/c1-27-19-9-8-17(12-22(28)25-15-3-2-4-15)32-21(19)13-31-20-10-7-16(11-18(20)24(27)30)26-23(29)14-5-6-14/h7,10-11,14-15,17,19,21H,2-6,8-9,12-13H2,1H3,(H,25,28)(H,26,29)/t17-,19-,21-/m0/s1. The normalized spacial score (nSPS) is 27.7. The molecule has 0 radical (unpaired) electrons. The number of carbonyl (C=O) groups excluding carboxylic acids is 3. The van der Waals surface area contributed by atoms with Crippen LogP contribution in [0.25, 0.3) is 0 Å². The van der Waals surface area contributed by atoms with E-state index in [1.807, 2.05) is 0 Å². The van der Waals surface area contributed by atoms with E-state index in [0.717, 1.165) is 38.5 Å². The van der Waals surface area contributed by atoms with Crippen molar-refractivity contribution in [3.63, 3.8) is 0 Å². The number of amides is 3. The molecule has 0 spiro atoms. The molecule has 4 aliphatic rings. The predicted octanol–water partition coefficient (Wildman–Crippen LogP) is 2.47. The van der Waals surface area contributed by atoms with Crippen LogP contribution in [-0.2, 0) is 14.3 Å². The van der Waals surface area contributed by atoms with Crippen LogP contribution in [0.5, 0.6) is 5.75 Å². The highest BCUT2D eigenvalue weighted by Crippen LogP contribution is 2.34. The first-order valence-corrected chi connectivity index (χ1v) is 11.8. The van der Waals surface area contributed by atoms with Gasteiger partial charge in [0.05, 0.1) is 24.1 Å². The number of likely N-dealkylation sites (N-methyl/N-ethyl adjacent to an activating group) is 1. The van der Waals surface area contributed by atoms with Gasteiger partial charge in [-0.2, -0.15) is 0 Å². The number of ether oxygens (including phenoxy) is 2. The first-order chi connectivity index (χ1) is 15.5. The Labute approximate surface area is 188 Å². The first-order valence-electron chi connectivity index (χ1n) is 11.8. The number of fused-ring (bicyclic) bond motifs is 2. The van der Waals surface area contributed by atoms with Crippen molar-refractivity contribution in [2.45, 2.75) is 75.7 Å². The van der Waals surface area contributed by atoms with Gasteiger partial charge in [-0.15, -0.1) is 0 Å². The Kier molecular flexibility index (Phi) is 5.80. The summed E-state index contributed by atoms with van der Waals surface area (Å²) in [5.74, 6) is 0.474. The second kappa shape index (κ2) is 8.73. The number of hydrogen-bond donors (Lipinski definition) is 2. The van der Waals surface area contributed by atoms with E-state index in [9.17, 15) is 14.4 Å². The van der Waals surface area contributed by atoms with Crippen molar-refractivity contribution < 1.29 is 23.9 Å². The lowest BCUT2D eigenvalue weighted by atomic mass is 9.92. The van der Waals surface area contributed by atoms with Crippen LogP contribution in [0.3, 0.4) is 0 Å². The summed E-state index contributed by atoms with van der Waals surface area (Å²) in [5, 5.41) is 5.97. The van der Waals surface area contributed by atoms with E-state index in [-0.39, 0.29) is 41.9 Å². The Hall–Kier alpha value is -2.61. The monoisotopic (exact) mass is 441 g/mol. The zero-order valence-corrected chi connectivity index (χ0v) is 18.5. The molecule has 2 saturated carbocycles. The maximum Gasteiger partial charge on any atom is 0.257 e. The van der Waals surface area contributed by atoms with Crippen LogP contribution in [0.4, 0.5) is 5.69 Å². The largest absolute Gasteiger partial charge is 0.490 e. The second-order valence-corrected chi connectivity index (χ2v) is 9.54. The third-order valence-corrected chi connectivity index (χ3v) is 7.11. The molecule has 1 saturated heterocycles. The fourth-order valence-corrected chi connectivity index (χ4v) is 4.74. The molecule has 172 valence electrons. The van der Waals surface area contributed by atoms with Gasteiger partial charge in [0.25, 0.3) is 5.91 Å². The lowest BCUT2D eigenvalue weighted by Gasteiger charge is -2.42. The summed E-state index contributed by atoms with van der Waals surface area (Å²) in [4.78, 5) is 39.4. The Morgan fingerprint density at radius 3 is 2.66 bits per heavy atom. The Bertz CT molecular complexity index is 911. The molecule has 2 aliphatic carbocycles. The summed E-state index contributed by atoms with van der Waals surface area (Å²) in [6.45, 7) is 0.309. The highest BCUT2D eigenvalue weighted by atomic mass is 16.5. The molecule has 1 aromatic carbocycles. The van der Waals surface area contributed by atoms with Gasteiger partial charge < -0.3 is 25.0 Å². The summed E-state index contributed by atoms with van der Waals surface area (Å²) in [6, 6.07) is 5.40. The van der Waals surface area contributed by atoms with Gasteiger partial charge >= 0.3 is 0 Å². The van der Waals surface area contributed by atoms with Gasteiger partial charge in [-0.3, -0.25) is 14.4 Å². The third-order valence-electron chi connectivity index (χ3n) is 7.11. The molecule has 0 aromatic heterocycles. The minimum atomic E-state index is -0.290. The molecular weight excluding hydrogens is 410 g/mol. The lowest BCUT2D eigenvalue weighted by Crippen LogP contribution is -2.54.